The largest absolute Gasteiger partial charge is 0.339 e. The lowest BCUT2D eigenvalue weighted by molar-refractivity contribution is 0.623. The molecule has 0 bridgehead atoms. The molecule has 1 aromatic heterocycles. The van der Waals surface area contributed by atoms with Crippen LogP contribution in [0.15, 0.2) is 30.7 Å². The summed E-state index contributed by atoms with van der Waals surface area (Å²) in [5.41, 5.74) is 0.686. The smallest absolute Gasteiger partial charge is 0.141 e. The van der Waals surface area contributed by atoms with Crippen molar-refractivity contribution in [2.45, 2.75) is 6.92 Å². The van der Waals surface area contributed by atoms with Crippen molar-refractivity contribution in [1.82, 2.24) is 9.97 Å². The van der Waals surface area contributed by atoms with Crippen molar-refractivity contribution >= 4 is 0 Å². The van der Waals surface area contributed by atoms with Crippen molar-refractivity contribution in [2.75, 3.05) is 0 Å². The van der Waals surface area contributed by atoms with E-state index in [1.807, 2.05) is 0 Å². The Bertz CT molecular complexity index is 383. The summed E-state index contributed by atoms with van der Waals surface area (Å²) in [4.78, 5) is 6.49. The average Bonchev–Trinajstić information content (AvgIpc) is 2.20. The Kier molecular flexibility index (Phi) is 3.52. The fourth-order valence-electron chi connectivity index (χ4n) is 0.755. The van der Waals surface area contributed by atoms with E-state index in [-0.39, 0.29) is 5.82 Å². The molecule has 0 saturated carbocycles. The predicted octanol–water partition coefficient (Wildman–Crippen LogP) is 2.04. The van der Waals surface area contributed by atoms with Gasteiger partial charge in [-0.15, -0.1) is 0 Å². The third-order valence-corrected chi connectivity index (χ3v) is 1.27. The van der Waals surface area contributed by atoms with Gasteiger partial charge in [0.25, 0.3) is 0 Å². The van der Waals surface area contributed by atoms with Gasteiger partial charge < -0.3 is 4.98 Å². The summed E-state index contributed by atoms with van der Waals surface area (Å²) < 4.78 is 12.7. The fourth-order valence-corrected chi connectivity index (χ4v) is 0.755. The van der Waals surface area contributed by atoms with Crippen molar-refractivity contribution < 1.29 is 4.39 Å². The van der Waals surface area contributed by atoms with Gasteiger partial charge in [-0.25, -0.2) is 9.37 Å². The minimum Gasteiger partial charge on any atom is -0.339 e. The molecule has 0 fully saturated rings. The molecule has 0 spiro atoms. The highest BCUT2D eigenvalue weighted by molar-refractivity contribution is 5.24. The van der Waals surface area contributed by atoms with Gasteiger partial charge in [-0.1, -0.05) is 12.0 Å². The van der Waals surface area contributed by atoms with Crippen molar-refractivity contribution in [1.29, 1.82) is 0 Å². The van der Waals surface area contributed by atoms with Crippen LogP contribution in [0.1, 0.15) is 12.6 Å². The number of nitrogens with one attached hydrogen (secondary N) is 1. The molecule has 0 unspecified atom stereocenters. The zero-order valence-corrected chi connectivity index (χ0v) is 7.21. The second-order valence-corrected chi connectivity index (χ2v) is 2.25. The highest BCUT2D eigenvalue weighted by atomic mass is 19.1. The number of aromatic nitrogens is 2. The Labute approximate surface area is 76.2 Å². The Morgan fingerprint density at radius 1 is 1.46 bits per heavy atom. The minimum atomic E-state index is -0.389. The first-order chi connectivity index (χ1) is 6.33. The van der Waals surface area contributed by atoms with Crippen LogP contribution in [0.4, 0.5) is 4.39 Å². The summed E-state index contributed by atoms with van der Waals surface area (Å²) in [5, 5.41) is 0. The molecule has 0 aliphatic heterocycles. The fraction of sp³-hybridized carbons (Fsp3) is 0.100. The maximum atomic E-state index is 12.7. The molecule has 1 aromatic rings. The highest BCUT2D eigenvalue weighted by Gasteiger charge is 1.81. The van der Waals surface area contributed by atoms with Crippen LogP contribution in [0, 0.1) is 17.7 Å². The monoisotopic (exact) mass is 176 g/mol. The number of rotatable bonds is 0. The molecule has 0 saturated heterocycles. The van der Waals surface area contributed by atoms with Gasteiger partial charge in [0.05, 0.1) is 18.2 Å². The van der Waals surface area contributed by atoms with E-state index < -0.39 is 0 Å². The third-order valence-electron chi connectivity index (χ3n) is 1.27. The number of hydrogen-bond donors (Lipinski definition) is 1. The first-order valence-electron chi connectivity index (χ1n) is 3.78. The molecule has 0 aromatic carbocycles. The van der Waals surface area contributed by atoms with Gasteiger partial charge in [-0.05, 0) is 25.0 Å². The van der Waals surface area contributed by atoms with Crippen LogP contribution in [0.5, 0.6) is 0 Å². The number of aromatic amines is 1. The second-order valence-electron chi connectivity index (χ2n) is 2.25. The summed E-state index contributed by atoms with van der Waals surface area (Å²) in [6.45, 7) is 1.73. The molecule has 66 valence electrons. The SMILES string of the molecule is CC#Cc1cccc(F)cnc[nH]1. The standard InChI is InChI=1S/C10H9FN2/c1-2-4-10-6-3-5-9(11)7-12-8-13-10/h3,5-8H,1H3,(H,12,13). The van der Waals surface area contributed by atoms with E-state index in [9.17, 15) is 4.39 Å². The molecule has 1 rings (SSSR count). The maximum absolute atomic E-state index is 12.7. The Balaban J connectivity index is 3.22. The van der Waals surface area contributed by atoms with E-state index in [2.05, 4.69) is 21.8 Å². The third kappa shape index (κ3) is 3.39. The predicted molar refractivity (Wildman–Crippen MR) is 48.7 cm³/mol. The summed E-state index contributed by atoms with van der Waals surface area (Å²) in [7, 11) is 0. The average molecular weight is 176 g/mol. The molecular formula is C10H9FN2. The molecule has 3 heteroatoms. The second kappa shape index (κ2) is 4.94. The van der Waals surface area contributed by atoms with Gasteiger partial charge in [0.15, 0.2) is 0 Å². The van der Waals surface area contributed by atoms with Crippen LogP contribution in [-0.2, 0) is 0 Å². The van der Waals surface area contributed by atoms with Gasteiger partial charge in [0.1, 0.15) is 5.82 Å². The van der Waals surface area contributed by atoms with Crippen molar-refractivity contribution in [3.8, 4) is 11.8 Å². The van der Waals surface area contributed by atoms with Crippen molar-refractivity contribution in [3.05, 3.63) is 42.2 Å². The van der Waals surface area contributed by atoms with E-state index >= 15 is 0 Å². The molecule has 0 aliphatic carbocycles. The molecule has 2 nitrogen and oxygen atoms in total. The lowest BCUT2D eigenvalue weighted by Crippen LogP contribution is -1.74. The Morgan fingerprint density at radius 2 is 2.31 bits per heavy atom. The van der Waals surface area contributed by atoms with E-state index in [1.54, 1.807) is 19.1 Å². The molecule has 1 heterocycles. The summed E-state index contributed by atoms with van der Waals surface area (Å²) in [6, 6.07) is 4.58. The van der Waals surface area contributed by atoms with Crippen LogP contribution >= 0.6 is 0 Å². The highest BCUT2D eigenvalue weighted by Crippen LogP contribution is 1.90. The lowest BCUT2D eigenvalue weighted by atomic mass is 10.4. The van der Waals surface area contributed by atoms with Gasteiger partial charge in [-0.2, -0.15) is 0 Å². The first kappa shape index (κ1) is 9.27. The van der Waals surface area contributed by atoms with Crippen LogP contribution in [0.3, 0.4) is 0 Å². The normalized spacial score (nSPS) is 8.15. The van der Waals surface area contributed by atoms with Gasteiger partial charge in [-0.3, -0.25) is 0 Å². The number of H-pyrrole nitrogens is 1. The summed E-state index contributed by atoms with van der Waals surface area (Å²) in [6.07, 6.45) is 2.52. The lowest BCUT2D eigenvalue weighted by Gasteiger charge is -1.80. The Hall–Kier alpha value is -1.82. The van der Waals surface area contributed by atoms with E-state index in [1.165, 1.54) is 12.4 Å². The number of halogens is 1. The maximum Gasteiger partial charge on any atom is 0.141 e. The molecule has 0 atom stereocenters. The number of hydrogen-bond acceptors (Lipinski definition) is 1. The molecule has 0 amide bonds. The van der Waals surface area contributed by atoms with Crippen LogP contribution in [0.2, 0.25) is 0 Å². The van der Waals surface area contributed by atoms with Gasteiger partial charge in [0.2, 0.25) is 0 Å². The molecule has 0 radical (unpaired) electrons. The zero-order valence-electron chi connectivity index (χ0n) is 7.21. The van der Waals surface area contributed by atoms with Crippen molar-refractivity contribution in [3.63, 3.8) is 0 Å². The van der Waals surface area contributed by atoms with Crippen LogP contribution < -0.4 is 0 Å². The number of nitrogens with zero attached hydrogens (tertiary/aromatic N) is 1. The van der Waals surface area contributed by atoms with Crippen LogP contribution in [-0.4, -0.2) is 9.97 Å². The quantitative estimate of drug-likeness (QED) is 0.602. The molecule has 13 heavy (non-hydrogen) atoms. The molecular weight excluding hydrogens is 167 g/mol. The van der Waals surface area contributed by atoms with Crippen LogP contribution in [0.25, 0.3) is 0 Å². The summed E-state index contributed by atoms with van der Waals surface area (Å²) in [5.74, 6) is 5.15. The molecule has 1 N–H and O–H groups in total. The Morgan fingerprint density at radius 3 is 3.08 bits per heavy atom. The topological polar surface area (TPSA) is 28.7 Å². The molecule has 0 aliphatic rings. The minimum absolute atomic E-state index is 0.389. The van der Waals surface area contributed by atoms with Crippen molar-refractivity contribution in [2.24, 2.45) is 0 Å². The van der Waals surface area contributed by atoms with E-state index in [0.29, 0.717) is 5.69 Å². The zero-order chi connectivity index (χ0) is 9.52. The first-order valence-corrected chi connectivity index (χ1v) is 3.78. The van der Waals surface area contributed by atoms with Gasteiger partial charge in [0, 0.05) is 0 Å². The van der Waals surface area contributed by atoms with E-state index in [4.69, 9.17) is 0 Å². The summed E-state index contributed by atoms with van der Waals surface area (Å²) >= 11 is 0. The van der Waals surface area contributed by atoms with E-state index in [0.717, 1.165) is 6.20 Å². The van der Waals surface area contributed by atoms with Gasteiger partial charge >= 0.3 is 0 Å².